The van der Waals surface area contributed by atoms with Gasteiger partial charge in [0.15, 0.2) is 5.78 Å². The van der Waals surface area contributed by atoms with Crippen molar-refractivity contribution in [2.75, 3.05) is 5.32 Å². The monoisotopic (exact) mass is 343 g/mol. The van der Waals surface area contributed by atoms with Crippen molar-refractivity contribution in [2.24, 2.45) is 0 Å². The van der Waals surface area contributed by atoms with Crippen molar-refractivity contribution in [1.29, 1.82) is 0 Å². The summed E-state index contributed by atoms with van der Waals surface area (Å²) in [4.78, 5) is 23.7. The summed E-state index contributed by atoms with van der Waals surface area (Å²) in [6.07, 6.45) is 2.52. The number of rotatable bonds is 4. The van der Waals surface area contributed by atoms with Crippen LogP contribution in [0.1, 0.15) is 15.9 Å². The molecule has 2 aromatic carbocycles. The van der Waals surface area contributed by atoms with E-state index in [1.165, 1.54) is 12.2 Å². The van der Waals surface area contributed by atoms with Crippen molar-refractivity contribution >= 4 is 33.3 Å². The van der Waals surface area contributed by atoms with E-state index in [-0.39, 0.29) is 11.7 Å². The van der Waals surface area contributed by atoms with Crippen molar-refractivity contribution in [3.63, 3.8) is 0 Å². The van der Waals surface area contributed by atoms with Gasteiger partial charge in [-0.25, -0.2) is 0 Å². The highest BCUT2D eigenvalue weighted by atomic mass is 79.9. The van der Waals surface area contributed by atoms with E-state index < -0.39 is 0 Å². The van der Waals surface area contributed by atoms with E-state index in [0.717, 1.165) is 15.7 Å². The van der Waals surface area contributed by atoms with Crippen LogP contribution >= 0.6 is 15.9 Å². The molecule has 1 amide bonds. The molecule has 0 atom stereocenters. The molecule has 3 nitrogen and oxygen atoms in total. The third kappa shape index (κ3) is 4.39. The van der Waals surface area contributed by atoms with E-state index in [9.17, 15) is 9.59 Å². The average molecular weight is 344 g/mol. The number of ketones is 1. The Morgan fingerprint density at radius 1 is 1.00 bits per heavy atom. The molecule has 0 aliphatic carbocycles. The number of allylic oxidation sites excluding steroid dienone is 1. The van der Waals surface area contributed by atoms with Gasteiger partial charge in [-0.15, -0.1) is 0 Å². The van der Waals surface area contributed by atoms with Crippen LogP contribution in [0.5, 0.6) is 0 Å². The minimum Gasteiger partial charge on any atom is -0.322 e. The van der Waals surface area contributed by atoms with Crippen LogP contribution in [0.15, 0.2) is 65.2 Å². The molecular weight excluding hydrogens is 330 g/mol. The molecule has 0 aliphatic heterocycles. The Bertz CT molecular complexity index is 690. The van der Waals surface area contributed by atoms with Crippen molar-refractivity contribution in [3.8, 4) is 0 Å². The quantitative estimate of drug-likeness (QED) is 0.669. The molecule has 106 valence electrons. The van der Waals surface area contributed by atoms with Crippen LogP contribution in [0.4, 0.5) is 5.69 Å². The van der Waals surface area contributed by atoms with Crippen molar-refractivity contribution in [2.45, 2.75) is 6.92 Å². The first-order chi connectivity index (χ1) is 10.1. The predicted molar refractivity (Wildman–Crippen MR) is 87.4 cm³/mol. The standard InChI is InChI=1S/C17H14BrNO2/c1-12-4-2-3-5-15(12)19-17(21)11-10-16(20)13-6-8-14(18)9-7-13/h2-11H,1H3,(H,19,21)/b11-10+. The van der Waals surface area contributed by atoms with Gasteiger partial charge in [0.2, 0.25) is 5.91 Å². The number of nitrogens with one attached hydrogen (secondary N) is 1. The molecular formula is C17H14BrNO2. The van der Waals surface area contributed by atoms with Crippen molar-refractivity contribution in [3.05, 3.63) is 76.3 Å². The highest BCUT2D eigenvalue weighted by Gasteiger charge is 2.04. The number of hydrogen-bond acceptors (Lipinski definition) is 2. The Kier molecular flexibility index (Phi) is 5.06. The number of carbonyl (C=O) groups excluding carboxylic acids is 2. The molecule has 0 heterocycles. The number of benzene rings is 2. The average Bonchev–Trinajstić information content (AvgIpc) is 2.48. The first kappa shape index (κ1) is 15.2. The number of carbonyl (C=O) groups is 2. The number of anilines is 1. The maximum atomic E-state index is 11.9. The lowest BCUT2D eigenvalue weighted by Crippen LogP contribution is -2.09. The van der Waals surface area contributed by atoms with E-state index in [0.29, 0.717) is 5.56 Å². The number of aryl methyl sites for hydroxylation is 1. The fraction of sp³-hybridized carbons (Fsp3) is 0.0588. The van der Waals surface area contributed by atoms with Crippen LogP contribution in [0.2, 0.25) is 0 Å². The SMILES string of the molecule is Cc1ccccc1NC(=O)/C=C/C(=O)c1ccc(Br)cc1. The molecule has 4 heteroatoms. The van der Waals surface area contributed by atoms with E-state index in [1.807, 2.05) is 31.2 Å². The first-order valence-electron chi connectivity index (χ1n) is 6.41. The maximum Gasteiger partial charge on any atom is 0.248 e. The number of para-hydroxylation sites is 1. The van der Waals surface area contributed by atoms with Gasteiger partial charge < -0.3 is 5.32 Å². The summed E-state index contributed by atoms with van der Waals surface area (Å²) >= 11 is 3.31. The third-order valence-corrected chi connectivity index (χ3v) is 3.45. The van der Waals surface area contributed by atoms with Gasteiger partial charge >= 0.3 is 0 Å². The molecule has 2 aromatic rings. The van der Waals surface area contributed by atoms with Crippen molar-refractivity contribution in [1.82, 2.24) is 0 Å². The Hall–Kier alpha value is -2.20. The molecule has 2 rings (SSSR count). The number of hydrogen-bond donors (Lipinski definition) is 1. The molecule has 0 radical (unpaired) electrons. The zero-order valence-corrected chi connectivity index (χ0v) is 13.1. The lowest BCUT2D eigenvalue weighted by atomic mass is 10.1. The minimum absolute atomic E-state index is 0.206. The Morgan fingerprint density at radius 3 is 2.33 bits per heavy atom. The molecule has 1 N–H and O–H groups in total. The zero-order chi connectivity index (χ0) is 15.2. The molecule has 0 unspecified atom stereocenters. The van der Waals surface area contributed by atoms with Crippen LogP contribution in [0.3, 0.4) is 0 Å². The van der Waals surface area contributed by atoms with E-state index in [2.05, 4.69) is 21.2 Å². The highest BCUT2D eigenvalue weighted by Crippen LogP contribution is 2.13. The Morgan fingerprint density at radius 2 is 1.67 bits per heavy atom. The number of amides is 1. The van der Waals surface area contributed by atoms with E-state index >= 15 is 0 Å². The van der Waals surface area contributed by atoms with Gasteiger partial charge in [0, 0.05) is 21.8 Å². The fourth-order valence-electron chi connectivity index (χ4n) is 1.75. The summed E-state index contributed by atoms with van der Waals surface area (Å²) in [6, 6.07) is 14.5. The maximum absolute atomic E-state index is 11.9. The highest BCUT2D eigenvalue weighted by molar-refractivity contribution is 9.10. The molecule has 0 bridgehead atoms. The Balaban J connectivity index is 2.00. The summed E-state index contributed by atoms with van der Waals surface area (Å²) < 4.78 is 0.903. The van der Waals surface area contributed by atoms with Crippen molar-refractivity contribution < 1.29 is 9.59 Å². The first-order valence-corrected chi connectivity index (χ1v) is 7.20. The lowest BCUT2D eigenvalue weighted by molar-refractivity contribution is -0.111. The number of halogens is 1. The molecule has 0 aliphatic rings. The van der Waals surface area contributed by atoms with Crippen LogP contribution < -0.4 is 5.32 Å². The van der Waals surface area contributed by atoms with Gasteiger partial charge in [-0.05, 0) is 48.9 Å². The summed E-state index contributed by atoms with van der Waals surface area (Å²) in [6.45, 7) is 1.91. The van der Waals surface area contributed by atoms with E-state index in [4.69, 9.17) is 0 Å². The van der Waals surface area contributed by atoms with Crippen LogP contribution in [0, 0.1) is 6.92 Å². The van der Waals surface area contributed by atoms with Gasteiger partial charge in [0.05, 0.1) is 0 Å². The summed E-state index contributed by atoms with van der Waals surface area (Å²) in [7, 11) is 0. The van der Waals surface area contributed by atoms with Crippen LogP contribution in [-0.4, -0.2) is 11.7 Å². The predicted octanol–water partition coefficient (Wildman–Crippen LogP) is 4.14. The zero-order valence-electron chi connectivity index (χ0n) is 11.5. The second kappa shape index (κ2) is 6.99. The van der Waals surface area contributed by atoms with E-state index in [1.54, 1.807) is 24.3 Å². The Labute approximate surface area is 131 Å². The van der Waals surface area contributed by atoms with Gasteiger partial charge in [-0.3, -0.25) is 9.59 Å². The second-order valence-corrected chi connectivity index (χ2v) is 5.42. The molecule has 21 heavy (non-hydrogen) atoms. The van der Waals surface area contributed by atoms with Crippen LogP contribution in [-0.2, 0) is 4.79 Å². The fourth-order valence-corrected chi connectivity index (χ4v) is 2.01. The minimum atomic E-state index is -0.324. The largest absolute Gasteiger partial charge is 0.322 e. The normalized spacial score (nSPS) is 10.6. The summed E-state index contributed by atoms with van der Waals surface area (Å²) in [5.74, 6) is -0.530. The topological polar surface area (TPSA) is 46.2 Å². The van der Waals surface area contributed by atoms with Gasteiger partial charge in [0.1, 0.15) is 0 Å². The van der Waals surface area contributed by atoms with Gasteiger partial charge in [-0.1, -0.05) is 34.1 Å². The van der Waals surface area contributed by atoms with Gasteiger partial charge in [-0.2, -0.15) is 0 Å². The van der Waals surface area contributed by atoms with Crippen LogP contribution in [0.25, 0.3) is 0 Å². The third-order valence-electron chi connectivity index (χ3n) is 2.92. The summed E-state index contributed by atoms with van der Waals surface area (Å²) in [5.41, 5.74) is 2.25. The molecule has 0 saturated heterocycles. The van der Waals surface area contributed by atoms with Gasteiger partial charge in [0.25, 0.3) is 0 Å². The lowest BCUT2D eigenvalue weighted by Gasteiger charge is -2.05. The molecule has 0 spiro atoms. The molecule has 0 fully saturated rings. The molecule has 0 aromatic heterocycles. The summed E-state index contributed by atoms with van der Waals surface area (Å²) in [5, 5.41) is 2.74. The second-order valence-electron chi connectivity index (χ2n) is 4.51. The smallest absolute Gasteiger partial charge is 0.248 e. The molecule has 0 saturated carbocycles.